The van der Waals surface area contributed by atoms with E-state index in [-0.39, 0.29) is 23.6 Å². The van der Waals surface area contributed by atoms with Gasteiger partial charge in [-0.1, -0.05) is 18.0 Å². The molecular weight excluding hydrogens is 312 g/mol. The van der Waals surface area contributed by atoms with Crippen molar-refractivity contribution >= 4 is 17.5 Å². The van der Waals surface area contributed by atoms with E-state index < -0.39 is 29.9 Å². The molecule has 1 aromatic rings. The fourth-order valence-corrected chi connectivity index (χ4v) is 2.65. The lowest BCUT2D eigenvalue weighted by Crippen LogP contribution is -2.41. The predicted octanol–water partition coefficient (Wildman–Crippen LogP) is 3.73. The summed E-state index contributed by atoms with van der Waals surface area (Å²) in [7, 11) is 0. The Balaban J connectivity index is 2.04. The fourth-order valence-electron chi connectivity index (χ4n) is 2.46. The van der Waals surface area contributed by atoms with Crippen LogP contribution >= 0.6 is 11.6 Å². The molecule has 1 aliphatic carbocycles. The summed E-state index contributed by atoms with van der Waals surface area (Å²) in [4.78, 5) is 15.5. The van der Waals surface area contributed by atoms with Crippen molar-refractivity contribution in [2.75, 3.05) is 0 Å². The summed E-state index contributed by atoms with van der Waals surface area (Å²) in [6.07, 6.45) is -2.67. The molecule has 3 nitrogen and oxygen atoms in total. The van der Waals surface area contributed by atoms with Crippen molar-refractivity contribution < 1.29 is 22.4 Å². The van der Waals surface area contributed by atoms with Crippen LogP contribution in [0.1, 0.15) is 36.0 Å². The SMILES string of the molecule is O=C(NC1CCCC(C(F)(F)F)C1)c1cc(F)cnc1Cl. The first-order valence-electron chi connectivity index (χ1n) is 6.46. The minimum atomic E-state index is -4.26. The number of carbonyl (C=O) groups is 1. The summed E-state index contributed by atoms with van der Waals surface area (Å²) >= 11 is 5.69. The third kappa shape index (κ3) is 4.06. The monoisotopic (exact) mass is 324 g/mol. The summed E-state index contributed by atoms with van der Waals surface area (Å²) in [6, 6.07) is 0.312. The Kier molecular flexibility index (Phi) is 4.70. The predicted molar refractivity (Wildman–Crippen MR) is 68.5 cm³/mol. The fraction of sp³-hybridized carbons (Fsp3) is 0.538. The third-order valence-corrected chi connectivity index (χ3v) is 3.82. The van der Waals surface area contributed by atoms with E-state index in [2.05, 4.69) is 10.3 Å². The quantitative estimate of drug-likeness (QED) is 0.665. The van der Waals surface area contributed by atoms with Gasteiger partial charge in [0.15, 0.2) is 0 Å². The number of halogens is 5. The molecule has 1 amide bonds. The van der Waals surface area contributed by atoms with Crippen LogP contribution in [0.3, 0.4) is 0 Å². The van der Waals surface area contributed by atoms with Crippen molar-refractivity contribution in [1.29, 1.82) is 0 Å². The Bertz CT molecular complexity index is 535. The van der Waals surface area contributed by atoms with Gasteiger partial charge in [-0.3, -0.25) is 4.79 Å². The molecule has 0 saturated heterocycles. The Labute approximate surface area is 123 Å². The molecule has 1 aromatic heterocycles. The van der Waals surface area contributed by atoms with Gasteiger partial charge in [-0.05, 0) is 25.3 Å². The maximum absolute atomic E-state index is 13.1. The number of amides is 1. The summed E-state index contributed by atoms with van der Waals surface area (Å²) in [6.45, 7) is 0. The smallest absolute Gasteiger partial charge is 0.349 e. The molecule has 0 radical (unpaired) electrons. The lowest BCUT2D eigenvalue weighted by Gasteiger charge is -2.31. The van der Waals surface area contributed by atoms with E-state index in [1.165, 1.54) is 0 Å². The van der Waals surface area contributed by atoms with Gasteiger partial charge in [0.2, 0.25) is 0 Å². The molecule has 2 atom stereocenters. The maximum atomic E-state index is 13.1. The molecule has 116 valence electrons. The van der Waals surface area contributed by atoms with Crippen molar-refractivity contribution in [1.82, 2.24) is 10.3 Å². The van der Waals surface area contributed by atoms with Gasteiger partial charge in [-0.2, -0.15) is 13.2 Å². The molecule has 1 fully saturated rings. The average molecular weight is 325 g/mol. The second kappa shape index (κ2) is 6.17. The number of carbonyl (C=O) groups excluding carboxylic acids is 1. The van der Waals surface area contributed by atoms with Gasteiger partial charge in [-0.15, -0.1) is 0 Å². The summed E-state index contributed by atoms with van der Waals surface area (Å²) in [5.41, 5.74) is -0.175. The van der Waals surface area contributed by atoms with E-state index in [0.29, 0.717) is 12.8 Å². The standard InChI is InChI=1S/C13H13ClF4N2O/c14-11-10(5-8(15)6-19-11)12(21)20-9-3-1-2-7(4-9)13(16,17)18/h5-7,9H,1-4H2,(H,20,21). The van der Waals surface area contributed by atoms with E-state index in [4.69, 9.17) is 11.6 Å². The number of hydrogen-bond acceptors (Lipinski definition) is 2. The zero-order valence-electron chi connectivity index (χ0n) is 10.9. The number of rotatable bonds is 2. The molecule has 1 N–H and O–H groups in total. The molecule has 0 bridgehead atoms. The zero-order valence-corrected chi connectivity index (χ0v) is 11.6. The van der Waals surface area contributed by atoms with Crippen molar-refractivity contribution in [2.24, 2.45) is 5.92 Å². The second-order valence-electron chi connectivity index (χ2n) is 5.07. The number of aromatic nitrogens is 1. The second-order valence-corrected chi connectivity index (χ2v) is 5.43. The highest BCUT2D eigenvalue weighted by Crippen LogP contribution is 2.37. The van der Waals surface area contributed by atoms with E-state index in [1.807, 2.05) is 0 Å². The molecule has 2 unspecified atom stereocenters. The molecular formula is C13H13ClF4N2O. The molecule has 0 spiro atoms. The van der Waals surface area contributed by atoms with E-state index in [9.17, 15) is 22.4 Å². The van der Waals surface area contributed by atoms with Crippen molar-refractivity contribution in [3.8, 4) is 0 Å². The van der Waals surface area contributed by atoms with Gasteiger partial charge in [0.1, 0.15) is 11.0 Å². The molecule has 0 aromatic carbocycles. The number of hydrogen-bond donors (Lipinski definition) is 1. The van der Waals surface area contributed by atoms with Gasteiger partial charge in [0, 0.05) is 6.04 Å². The first kappa shape index (κ1) is 16.0. The van der Waals surface area contributed by atoms with E-state index in [1.54, 1.807) is 0 Å². The Morgan fingerprint density at radius 1 is 1.38 bits per heavy atom. The number of nitrogens with one attached hydrogen (secondary N) is 1. The van der Waals surface area contributed by atoms with Crippen LogP contribution < -0.4 is 5.32 Å². The summed E-state index contributed by atoms with van der Waals surface area (Å²) in [5, 5.41) is 2.29. The number of alkyl halides is 3. The lowest BCUT2D eigenvalue weighted by molar-refractivity contribution is -0.183. The molecule has 8 heteroatoms. The highest BCUT2D eigenvalue weighted by Gasteiger charge is 2.42. The normalized spacial score (nSPS) is 22.9. The Morgan fingerprint density at radius 3 is 2.76 bits per heavy atom. The molecule has 1 aliphatic rings. The van der Waals surface area contributed by atoms with Gasteiger partial charge in [-0.25, -0.2) is 9.37 Å². The van der Waals surface area contributed by atoms with Gasteiger partial charge < -0.3 is 5.32 Å². The lowest BCUT2D eigenvalue weighted by atomic mass is 9.85. The molecule has 21 heavy (non-hydrogen) atoms. The molecule has 2 rings (SSSR count). The van der Waals surface area contributed by atoms with Crippen molar-refractivity contribution in [3.05, 3.63) is 28.8 Å². The van der Waals surface area contributed by atoms with Crippen LogP contribution in [0.4, 0.5) is 17.6 Å². The first-order chi connectivity index (χ1) is 9.77. The topological polar surface area (TPSA) is 42.0 Å². The number of nitrogens with zero attached hydrogens (tertiary/aromatic N) is 1. The highest BCUT2D eigenvalue weighted by molar-refractivity contribution is 6.32. The van der Waals surface area contributed by atoms with Crippen LogP contribution in [0.2, 0.25) is 5.15 Å². The molecule has 1 saturated carbocycles. The maximum Gasteiger partial charge on any atom is 0.391 e. The molecule has 1 heterocycles. The van der Waals surface area contributed by atoms with Crippen LogP contribution in [0.5, 0.6) is 0 Å². The zero-order chi connectivity index (χ0) is 15.6. The Morgan fingerprint density at radius 2 is 2.10 bits per heavy atom. The van der Waals surface area contributed by atoms with Crippen LogP contribution in [-0.4, -0.2) is 23.1 Å². The Hall–Kier alpha value is -1.37. The van der Waals surface area contributed by atoms with Crippen molar-refractivity contribution in [3.63, 3.8) is 0 Å². The van der Waals surface area contributed by atoms with E-state index >= 15 is 0 Å². The largest absolute Gasteiger partial charge is 0.391 e. The summed E-state index contributed by atoms with van der Waals surface area (Å²) < 4.78 is 51.2. The van der Waals surface area contributed by atoms with Crippen LogP contribution in [0.15, 0.2) is 12.3 Å². The molecule has 0 aliphatic heterocycles. The van der Waals surface area contributed by atoms with Gasteiger partial charge in [0.25, 0.3) is 5.91 Å². The third-order valence-electron chi connectivity index (χ3n) is 3.52. The van der Waals surface area contributed by atoms with Gasteiger partial charge in [0.05, 0.1) is 17.7 Å². The minimum Gasteiger partial charge on any atom is -0.349 e. The first-order valence-corrected chi connectivity index (χ1v) is 6.84. The highest BCUT2D eigenvalue weighted by atomic mass is 35.5. The number of pyridine rings is 1. The van der Waals surface area contributed by atoms with E-state index in [0.717, 1.165) is 12.3 Å². The van der Waals surface area contributed by atoms with Crippen LogP contribution in [0, 0.1) is 11.7 Å². The van der Waals surface area contributed by atoms with Crippen LogP contribution in [-0.2, 0) is 0 Å². The van der Waals surface area contributed by atoms with Gasteiger partial charge >= 0.3 is 6.18 Å². The summed E-state index contributed by atoms with van der Waals surface area (Å²) in [5.74, 6) is -2.86. The van der Waals surface area contributed by atoms with Crippen molar-refractivity contribution in [2.45, 2.75) is 37.9 Å². The minimum absolute atomic E-state index is 0.0676. The average Bonchev–Trinajstić information content (AvgIpc) is 2.41. The van der Waals surface area contributed by atoms with Crippen LogP contribution in [0.25, 0.3) is 0 Å².